The Morgan fingerprint density at radius 1 is 0.606 bits per heavy atom. The van der Waals surface area contributed by atoms with Gasteiger partial charge in [-0.1, -0.05) is 109 Å². The summed E-state index contributed by atoms with van der Waals surface area (Å²) in [6, 6.07) is 40.7. The van der Waals surface area contributed by atoms with Gasteiger partial charge in [0, 0.05) is 5.57 Å². The van der Waals surface area contributed by atoms with Crippen molar-refractivity contribution in [3.8, 4) is 5.69 Å². The van der Waals surface area contributed by atoms with Gasteiger partial charge in [0.05, 0.1) is 10.2 Å². The van der Waals surface area contributed by atoms with Crippen molar-refractivity contribution < 1.29 is 0 Å². The van der Waals surface area contributed by atoms with Crippen LogP contribution in [-0.2, 0) is 0 Å². The lowest BCUT2D eigenvalue weighted by Crippen LogP contribution is -2.31. The number of nitrogens with zero attached hydrogens (tertiary/aromatic N) is 1. The van der Waals surface area contributed by atoms with E-state index in [0.717, 1.165) is 42.7 Å². The van der Waals surface area contributed by atoms with Crippen LogP contribution in [0.25, 0.3) is 16.8 Å². The summed E-state index contributed by atoms with van der Waals surface area (Å²) in [7, 11) is 0. The highest BCUT2D eigenvalue weighted by molar-refractivity contribution is 7.07. The highest BCUT2D eigenvalue weighted by Gasteiger charge is 2.15. The summed E-state index contributed by atoms with van der Waals surface area (Å²) >= 11 is 1.56. The van der Waals surface area contributed by atoms with E-state index in [1.165, 1.54) is 0 Å². The molecule has 0 saturated carbocycles. The number of aromatic nitrogens is 1. The molecule has 4 aromatic carbocycles. The quantitative estimate of drug-likeness (QED) is 0.365. The van der Waals surface area contributed by atoms with Gasteiger partial charge in [-0.15, -0.1) is 11.3 Å². The third kappa shape index (κ3) is 4.11. The van der Waals surface area contributed by atoms with Crippen LogP contribution in [-0.4, -0.2) is 4.57 Å². The van der Waals surface area contributed by atoms with E-state index in [0.29, 0.717) is 0 Å². The van der Waals surface area contributed by atoms with Gasteiger partial charge in [-0.25, -0.2) is 0 Å². The summed E-state index contributed by atoms with van der Waals surface area (Å²) in [5, 5.41) is 0. The lowest BCUT2D eigenvalue weighted by Gasteiger charge is -2.10. The van der Waals surface area contributed by atoms with Crippen LogP contribution in [0.15, 0.2) is 126 Å². The molecule has 0 fully saturated rings. The number of rotatable bonds is 4. The van der Waals surface area contributed by atoms with Gasteiger partial charge in [0.25, 0.3) is 5.56 Å². The first-order valence-corrected chi connectivity index (χ1v) is 11.7. The molecule has 160 valence electrons. The number of hydrogen-bond donors (Lipinski definition) is 0. The Hall–Kier alpha value is -3.95. The molecule has 5 aromatic rings. The molecule has 0 saturated heterocycles. The van der Waals surface area contributed by atoms with Gasteiger partial charge in [0.1, 0.15) is 4.66 Å². The average Bonchev–Trinajstić information content (AvgIpc) is 3.22. The number of thiazole rings is 1. The van der Waals surface area contributed by atoms with Crippen LogP contribution in [0.1, 0.15) is 23.6 Å². The largest absolute Gasteiger partial charge is 0.273 e. The van der Waals surface area contributed by atoms with Crippen molar-refractivity contribution in [2.45, 2.75) is 6.92 Å². The van der Waals surface area contributed by atoms with E-state index in [9.17, 15) is 4.79 Å². The lowest BCUT2D eigenvalue weighted by molar-refractivity contribution is 0.984. The van der Waals surface area contributed by atoms with Crippen molar-refractivity contribution in [2.24, 2.45) is 0 Å². The first kappa shape index (κ1) is 20.9. The second-order valence-electron chi connectivity index (χ2n) is 7.81. The molecule has 0 aliphatic carbocycles. The maximum atomic E-state index is 13.9. The van der Waals surface area contributed by atoms with Crippen molar-refractivity contribution in [2.75, 3.05) is 0 Å². The van der Waals surface area contributed by atoms with E-state index >= 15 is 0 Å². The summed E-state index contributed by atoms with van der Waals surface area (Å²) < 4.78 is 3.54. The van der Waals surface area contributed by atoms with Gasteiger partial charge in [-0.3, -0.25) is 9.36 Å². The van der Waals surface area contributed by atoms with Gasteiger partial charge in [0.2, 0.25) is 0 Å². The molecular weight excluding hydrogens is 422 g/mol. The Labute approximate surface area is 197 Å². The molecular formula is C30H23NOS. The van der Waals surface area contributed by atoms with Crippen molar-refractivity contribution in [1.29, 1.82) is 0 Å². The molecule has 0 amide bonds. The number of benzene rings is 4. The van der Waals surface area contributed by atoms with Gasteiger partial charge in [0.15, 0.2) is 0 Å². The number of hydrogen-bond acceptors (Lipinski definition) is 2. The van der Waals surface area contributed by atoms with Gasteiger partial charge >= 0.3 is 0 Å². The van der Waals surface area contributed by atoms with E-state index in [4.69, 9.17) is 0 Å². The molecule has 0 radical (unpaired) electrons. The first-order chi connectivity index (χ1) is 16.2. The standard InChI is InChI=1S/C30H23NOS/c1-22(23-14-6-2-7-15-23)28-29(32)31(26-20-12-5-13-21-26)30(33-28)27(24-16-8-3-9-17-24)25-18-10-4-11-19-25/h2-21H,1H3/b28-22-. The van der Waals surface area contributed by atoms with Crippen molar-refractivity contribution in [3.05, 3.63) is 158 Å². The summed E-state index contributed by atoms with van der Waals surface area (Å²) in [4.78, 5) is 13.9. The smallest absolute Gasteiger partial charge is 0.267 e. The Morgan fingerprint density at radius 2 is 1.03 bits per heavy atom. The first-order valence-electron chi connectivity index (χ1n) is 10.9. The zero-order chi connectivity index (χ0) is 22.6. The Bertz CT molecular complexity index is 1510. The fraction of sp³-hybridized carbons (Fsp3) is 0.0333. The van der Waals surface area contributed by atoms with Crippen LogP contribution >= 0.6 is 11.3 Å². The maximum absolute atomic E-state index is 13.9. The molecule has 0 atom stereocenters. The zero-order valence-electron chi connectivity index (χ0n) is 18.3. The summed E-state index contributed by atoms with van der Waals surface area (Å²) in [6.07, 6.45) is 0. The fourth-order valence-electron chi connectivity index (χ4n) is 4.03. The summed E-state index contributed by atoms with van der Waals surface area (Å²) in [6.45, 7) is 2.03. The van der Waals surface area contributed by atoms with Crippen molar-refractivity contribution >= 4 is 22.5 Å². The third-order valence-electron chi connectivity index (χ3n) is 5.70. The molecule has 3 heteroatoms. The van der Waals surface area contributed by atoms with E-state index in [2.05, 4.69) is 36.4 Å². The van der Waals surface area contributed by atoms with Crippen molar-refractivity contribution in [3.63, 3.8) is 0 Å². The van der Waals surface area contributed by atoms with E-state index in [-0.39, 0.29) is 5.56 Å². The van der Waals surface area contributed by atoms with Gasteiger partial charge in [-0.2, -0.15) is 0 Å². The molecule has 2 nitrogen and oxygen atoms in total. The second-order valence-corrected chi connectivity index (χ2v) is 8.81. The lowest BCUT2D eigenvalue weighted by atomic mass is 9.99. The highest BCUT2D eigenvalue weighted by Crippen LogP contribution is 2.21. The predicted molar refractivity (Wildman–Crippen MR) is 138 cm³/mol. The Kier molecular flexibility index (Phi) is 5.88. The summed E-state index contributed by atoms with van der Waals surface area (Å²) in [5.41, 5.74) is 6.13. The highest BCUT2D eigenvalue weighted by atomic mass is 32.1. The molecule has 0 bridgehead atoms. The van der Waals surface area contributed by atoms with Gasteiger partial charge < -0.3 is 0 Å². The van der Waals surface area contributed by atoms with Crippen LogP contribution in [0, 0.1) is 0 Å². The minimum absolute atomic E-state index is 0.00640. The minimum atomic E-state index is 0.00640. The molecule has 0 N–H and O–H groups in total. The predicted octanol–water partition coefficient (Wildman–Crippen LogP) is 5.37. The molecule has 1 aromatic heterocycles. The van der Waals surface area contributed by atoms with E-state index in [1.54, 1.807) is 11.3 Å². The molecule has 33 heavy (non-hydrogen) atoms. The minimum Gasteiger partial charge on any atom is -0.267 e. The zero-order valence-corrected chi connectivity index (χ0v) is 19.1. The molecule has 0 aliphatic heterocycles. The van der Waals surface area contributed by atoms with E-state index in [1.807, 2.05) is 96.4 Å². The van der Waals surface area contributed by atoms with Crippen LogP contribution in [0.2, 0.25) is 0 Å². The van der Waals surface area contributed by atoms with Crippen LogP contribution < -0.4 is 14.8 Å². The Morgan fingerprint density at radius 3 is 1.52 bits per heavy atom. The number of para-hydroxylation sites is 1. The third-order valence-corrected chi connectivity index (χ3v) is 6.96. The van der Waals surface area contributed by atoms with Crippen molar-refractivity contribution in [1.82, 2.24) is 4.57 Å². The van der Waals surface area contributed by atoms with Gasteiger partial charge in [-0.05, 0) is 41.3 Å². The monoisotopic (exact) mass is 445 g/mol. The van der Waals surface area contributed by atoms with Crippen LogP contribution in [0.3, 0.4) is 0 Å². The SMILES string of the molecule is C/C(c1ccccc1)=c1/sc(=C(c2ccccc2)c2ccccc2)n(-c2ccccc2)c1=O. The molecule has 0 spiro atoms. The van der Waals surface area contributed by atoms with Crippen LogP contribution in [0.4, 0.5) is 0 Å². The van der Waals surface area contributed by atoms with E-state index < -0.39 is 0 Å². The summed E-state index contributed by atoms with van der Waals surface area (Å²) in [5.74, 6) is 0. The molecule has 5 rings (SSSR count). The topological polar surface area (TPSA) is 22.0 Å². The molecule has 0 aliphatic rings. The Balaban J connectivity index is 1.98. The van der Waals surface area contributed by atoms with Crippen LogP contribution in [0.5, 0.6) is 0 Å². The normalized spacial score (nSPS) is 11.8. The second kappa shape index (κ2) is 9.27. The fourth-order valence-corrected chi connectivity index (χ4v) is 5.29. The average molecular weight is 446 g/mol. The molecule has 0 unspecified atom stereocenters. The maximum Gasteiger partial charge on any atom is 0.273 e. The molecule has 1 heterocycles.